The number of hydrogen-bond acceptors (Lipinski definition) is 4. The monoisotopic (exact) mass is 301 g/mol. The number of furan rings is 1. The van der Waals surface area contributed by atoms with E-state index >= 15 is 0 Å². The molecule has 0 aliphatic rings. The zero-order valence-electron chi connectivity index (χ0n) is 11.6. The summed E-state index contributed by atoms with van der Waals surface area (Å²) in [5.74, 6) is -1.06. The molecule has 0 atom stereocenters. The van der Waals surface area contributed by atoms with Gasteiger partial charge in [-0.2, -0.15) is 11.3 Å². The van der Waals surface area contributed by atoms with E-state index in [4.69, 9.17) is 9.52 Å². The quantitative estimate of drug-likeness (QED) is 0.778. The molecule has 1 aromatic carbocycles. The number of hydrogen-bond donors (Lipinski definition) is 1. The Morgan fingerprint density at radius 1 is 1.24 bits per heavy atom. The Morgan fingerprint density at radius 3 is 2.76 bits per heavy atom. The highest BCUT2D eigenvalue weighted by Gasteiger charge is 2.11. The topological polar surface area (TPSA) is 53.7 Å². The zero-order valence-corrected chi connectivity index (χ0v) is 12.4. The van der Waals surface area contributed by atoms with Gasteiger partial charge in [0.05, 0.1) is 0 Å². The molecule has 2 heterocycles. The Morgan fingerprint density at radius 2 is 2.05 bits per heavy atom. The Bertz CT molecular complexity index is 761. The van der Waals surface area contributed by atoms with Crippen molar-refractivity contribution in [3.05, 3.63) is 58.0 Å². The standard InChI is InChI=1S/C16H15NO3S/c1-17(9-12-4-5-21-10-12)8-11-2-3-14-13(6-11)7-15(20-14)16(18)19/h2-7,10H,8-9H2,1H3,(H,18,19). The van der Waals surface area contributed by atoms with Crippen molar-refractivity contribution in [3.8, 4) is 0 Å². The van der Waals surface area contributed by atoms with Gasteiger partial charge >= 0.3 is 5.97 Å². The first kappa shape index (κ1) is 13.9. The van der Waals surface area contributed by atoms with E-state index in [9.17, 15) is 4.79 Å². The average molecular weight is 301 g/mol. The van der Waals surface area contributed by atoms with Crippen molar-refractivity contribution < 1.29 is 14.3 Å². The molecule has 108 valence electrons. The molecule has 0 unspecified atom stereocenters. The number of benzene rings is 1. The third kappa shape index (κ3) is 3.15. The summed E-state index contributed by atoms with van der Waals surface area (Å²) in [6.45, 7) is 1.70. The van der Waals surface area contributed by atoms with Crippen LogP contribution in [0.15, 0.2) is 45.5 Å². The van der Waals surface area contributed by atoms with Crippen molar-refractivity contribution in [2.24, 2.45) is 0 Å². The number of nitrogens with zero attached hydrogens (tertiary/aromatic N) is 1. The largest absolute Gasteiger partial charge is 0.475 e. The van der Waals surface area contributed by atoms with Crippen molar-refractivity contribution in [1.29, 1.82) is 0 Å². The Hall–Kier alpha value is -2.11. The van der Waals surface area contributed by atoms with Crippen molar-refractivity contribution in [2.45, 2.75) is 13.1 Å². The van der Waals surface area contributed by atoms with E-state index < -0.39 is 5.97 Å². The maximum atomic E-state index is 10.9. The first-order valence-electron chi connectivity index (χ1n) is 6.57. The van der Waals surface area contributed by atoms with Crippen LogP contribution in [0.5, 0.6) is 0 Å². The molecule has 0 saturated heterocycles. The molecule has 0 aliphatic carbocycles. The van der Waals surface area contributed by atoms with E-state index in [0.29, 0.717) is 5.58 Å². The predicted octanol–water partition coefficient (Wildman–Crippen LogP) is 3.82. The summed E-state index contributed by atoms with van der Waals surface area (Å²) in [6.07, 6.45) is 0. The predicted molar refractivity (Wildman–Crippen MR) is 82.7 cm³/mol. The summed E-state index contributed by atoms with van der Waals surface area (Å²) in [6, 6.07) is 9.48. The molecule has 4 nitrogen and oxygen atoms in total. The highest BCUT2D eigenvalue weighted by molar-refractivity contribution is 7.07. The molecule has 0 spiro atoms. The van der Waals surface area contributed by atoms with Crippen molar-refractivity contribution in [1.82, 2.24) is 4.90 Å². The van der Waals surface area contributed by atoms with E-state index in [1.165, 1.54) is 5.56 Å². The minimum atomic E-state index is -1.04. The number of thiophene rings is 1. The smallest absolute Gasteiger partial charge is 0.371 e. The summed E-state index contributed by atoms with van der Waals surface area (Å²) in [5, 5.41) is 14.0. The van der Waals surface area contributed by atoms with Gasteiger partial charge in [0, 0.05) is 18.5 Å². The van der Waals surface area contributed by atoms with Gasteiger partial charge in [-0.15, -0.1) is 0 Å². The van der Waals surface area contributed by atoms with Crippen LogP contribution in [0, 0.1) is 0 Å². The fraction of sp³-hybridized carbons (Fsp3) is 0.188. The number of aromatic carboxylic acids is 1. The van der Waals surface area contributed by atoms with Crippen LogP contribution in [0.2, 0.25) is 0 Å². The van der Waals surface area contributed by atoms with E-state index in [1.807, 2.05) is 18.2 Å². The fourth-order valence-electron chi connectivity index (χ4n) is 2.36. The third-order valence-electron chi connectivity index (χ3n) is 3.28. The van der Waals surface area contributed by atoms with Crippen LogP contribution in [-0.2, 0) is 13.1 Å². The first-order chi connectivity index (χ1) is 10.1. The van der Waals surface area contributed by atoms with E-state index in [-0.39, 0.29) is 5.76 Å². The lowest BCUT2D eigenvalue weighted by molar-refractivity contribution is 0.0665. The van der Waals surface area contributed by atoms with Gasteiger partial charge in [-0.1, -0.05) is 6.07 Å². The summed E-state index contributed by atoms with van der Waals surface area (Å²) >= 11 is 1.70. The van der Waals surface area contributed by atoms with Gasteiger partial charge in [0.2, 0.25) is 5.76 Å². The van der Waals surface area contributed by atoms with Crippen molar-refractivity contribution in [2.75, 3.05) is 7.05 Å². The average Bonchev–Trinajstić information content (AvgIpc) is 3.06. The number of rotatable bonds is 5. The lowest BCUT2D eigenvalue weighted by Gasteiger charge is -2.15. The van der Waals surface area contributed by atoms with Gasteiger partial charge in [-0.25, -0.2) is 4.79 Å². The molecule has 0 bridgehead atoms. The number of carboxylic acid groups (broad SMARTS) is 1. The molecule has 3 aromatic rings. The molecule has 0 fully saturated rings. The molecular weight excluding hydrogens is 286 g/mol. The molecule has 5 heteroatoms. The maximum Gasteiger partial charge on any atom is 0.371 e. The van der Waals surface area contributed by atoms with Crippen LogP contribution in [0.25, 0.3) is 11.0 Å². The third-order valence-corrected chi connectivity index (χ3v) is 4.01. The zero-order chi connectivity index (χ0) is 14.8. The molecule has 0 aliphatic heterocycles. The summed E-state index contributed by atoms with van der Waals surface area (Å²) in [7, 11) is 2.07. The van der Waals surface area contributed by atoms with Gasteiger partial charge < -0.3 is 9.52 Å². The van der Waals surface area contributed by atoms with Gasteiger partial charge in [0.1, 0.15) is 5.58 Å². The molecule has 0 saturated carbocycles. The maximum absolute atomic E-state index is 10.9. The summed E-state index contributed by atoms with van der Waals surface area (Å²) in [4.78, 5) is 13.1. The first-order valence-corrected chi connectivity index (χ1v) is 7.51. The van der Waals surface area contributed by atoms with Crippen LogP contribution in [0.4, 0.5) is 0 Å². The second-order valence-electron chi connectivity index (χ2n) is 5.09. The van der Waals surface area contributed by atoms with Crippen LogP contribution in [0.3, 0.4) is 0 Å². The van der Waals surface area contributed by atoms with Crippen LogP contribution >= 0.6 is 11.3 Å². The van der Waals surface area contributed by atoms with E-state index in [1.54, 1.807) is 17.4 Å². The fourth-order valence-corrected chi connectivity index (χ4v) is 3.02. The Kier molecular flexibility index (Phi) is 3.77. The molecule has 1 N–H and O–H groups in total. The number of fused-ring (bicyclic) bond motifs is 1. The van der Waals surface area contributed by atoms with Crippen molar-refractivity contribution >= 4 is 28.3 Å². The molecule has 3 rings (SSSR count). The Balaban J connectivity index is 1.76. The second-order valence-corrected chi connectivity index (χ2v) is 5.87. The lowest BCUT2D eigenvalue weighted by atomic mass is 10.1. The Labute approximate surface area is 126 Å². The van der Waals surface area contributed by atoms with Gasteiger partial charge in [-0.05, 0) is 53.2 Å². The summed E-state index contributed by atoms with van der Waals surface area (Å²) < 4.78 is 5.26. The van der Waals surface area contributed by atoms with E-state index in [0.717, 1.165) is 24.0 Å². The molecule has 21 heavy (non-hydrogen) atoms. The SMILES string of the molecule is CN(Cc1ccsc1)Cc1ccc2oc(C(=O)O)cc2c1. The van der Waals surface area contributed by atoms with Crippen LogP contribution < -0.4 is 0 Å². The molecule has 2 aromatic heterocycles. The van der Waals surface area contributed by atoms with E-state index in [2.05, 4.69) is 28.8 Å². The number of carboxylic acids is 1. The van der Waals surface area contributed by atoms with Crippen LogP contribution in [-0.4, -0.2) is 23.0 Å². The summed E-state index contributed by atoms with van der Waals surface area (Å²) in [5.41, 5.74) is 3.05. The van der Waals surface area contributed by atoms with Crippen molar-refractivity contribution in [3.63, 3.8) is 0 Å². The second kappa shape index (κ2) is 5.71. The lowest BCUT2D eigenvalue weighted by Crippen LogP contribution is -2.16. The van der Waals surface area contributed by atoms with Gasteiger partial charge in [-0.3, -0.25) is 4.90 Å². The van der Waals surface area contributed by atoms with Gasteiger partial charge in [0.25, 0.3) is 0 Å². The van der Waals surface area contributed by atoms with Gasteiger partial charge in [0.15, 0.2) is 0 Å². The minimum absolute atomic E-state index is 0.0197. The molecule has 0 amide bonds. The molecular formula is C16H15NO3S. The highest BCUT2D eigenvalue weighted by atomic mass is 32.1. The number of carbonyl (C=O) groups is 1. The normalized spacial score (nSPS) is 11.3. The highest BCUT2D eigenvalue weighted by Crippen LogP contribution is 2.22. The molecule has 0 radical (unpaired) electrons. The minimum Gasteiger partial charge on any atom is -0.475 e. The van der Waals surface area contributed by atoms with Crippen LogP contribution in [0.1, 0.15) is 21.7 Å².